The first-order valence-corrected chi connectivity index (χ1v) is 11.5. The minimum atomic E-state index is -4.00. The molecule has 7 nitrogen and oxygen atoms in total. The highest BCUT2D eigenvalue weighted by Gasteiger charge is 2.26. The van der Waals surface area contributed by atoms with Crippen molar-refractivity contribution in [2.75, 3.05) is 12.0 Å². The molecule has 0 amide bonds. The molecule has 0 aliphatic carbocycles. The molecule has 0 unspecified atom stereocenters. The van der Waals surface area contributed by atoms with Crippen LogP contribution in [0.3, 0.4) is 0 Å². The van der Waals surface area contributed by atoms with Gasteiger partial charge in [-0.15, -0.1) is 20.5 Å². The van der Waals surface area contributed by atoms with E-state index in [1.807, 2.05) is 23.8 Å². The largest absolute Gasteiger partial charge is 0.382 e. The molecule has 1 aromatic carbocycles. The molecular formula is C16H12ClN5O2S3. The van der Waals surface area contributed by atoms with E-state index in [0.29, 0.717) is 21.3 Å². The number of rotatable bonds is 4. The van der Waals surface area contributed by atoms with Gasteiger partial charge in [-0.05, 0) is 42.0 Å². The van der Waals surface area contributed by atoms with Gasteiger partial charge in [0.05, 0.1) is 20.9 Å². The van der Waals surface area contributed by atoms with Gasteiger partial charge in [-0.1, -0.05) is 29.4 Å². The van der Waals surface area contributed by atoms with Gasteiger partial charge in [0, 0.05) is 5.02 Å². The van der Waals surface area contributed by atoms with Crippen molar-refractivity contribution in [1.82, 2.24) is 19.2 Å². The molecule has 0 atom stereocenters. The monoisotopic (exact) mass is 437 g/mol. The summed E-state index contributed by atoms with van der Waals surface area (Å²) in [6, 6.07) is 9.61. The Kier molecular flexibility index (Phi) is 4.58. The predicted octanol–water partition coefficient (Wildman–Crippen LogP) is 3.75. The number of hydrogen-bond donors (Lipinski definition) is 1. The van der Waals surface area contributed by atoms with Crippen molar-refractivity contribution in [2.45, 2.75) is 10.1 Å². The first kappa shape index (κ1) is 18.2. The molecule has 3 heterocycles. The van der Waals surface area contributed by atoms with Crippen LogP contribution in [0.1, 0.15) is 0 Å². The highest BCUT2D eigenvalue weighted by Crippen LogP contribution is 2.35. The second-order valence-corrected chi connectivity index (χ2v) is 9.35. The zero-order valence-corrected chi connectivity index (χ0v) is 17.0. The maximum absolute atomic E-state index is 13.1. The Morgan fingerprint density at radius 1 is 1.19 bits per heavy atom. The van der Waals surface area contributed by atoms with Crippen molar-refractivity contribution < 1.29 is 8.42 Å². The Bertz CT molecular complexity index is 1240. The smallest absolute Gasteiger partial charge is 0.285 e. The molecule has 0 bridgehead atoms. The van der Waals surface area contributed by atoms with Crippen molar-refractivity contribution in [1.29, 1.82) is 0 Å². The lowest BCUT2D eigenvalue weighted by Crippen LogP contribution is -2.15. The van der Waals surface area contributed by atoms with Gasteiger partial charge in [-0.3, -0.25) is 0 Å². The Morgan fingerprint density at radius 3 is 2.56 bits per heavy atom. The SMILES string of the molecule is CSc1nc(-c2cccs2)c2c(N)nn(S(=O)(=O)c3ccc(Cl)cc3)c2n1. The van der Waals surface area contributed by atoms with E-state index in [9.17, 15) is 8.42 Å². The zero-order valence-electron chi connectivity index (χ0n) is 13.8. The number of halogens is 1. The molecule has 11 heteroatoms. The van der Waals surface area contributed by atoms with Crippen LogP contribution in [0.2, 0.25) is 5.02 Å². The number of hydrogen-bond acceptors (Lipinski definition) is 8. The van der Waals surface area contributed by atoms with Crippen LogP contribution in [0.5, 0.6) is 0 Å². The van der Waals surface area contributed by atoms with Crippen LogP contribution >= 0.6 is 34.7 Å². The molecule has 0 saturated carbocycles. The fourth-order valence-corrected chi connectivity index (χ4v) is 5.00. The van der Waals surface area contributed by atoms with Crippen molar-refractivity contribution in [3.05, 3.63) is 46.8 Å². The van der Waals surface area contributed by atoms with Crippen molar-refractivity contribution in [2.24, 2.45) is 0 Å². The Hall–Kier alpha value is -2.14. The molecule has 0 saturated heterocycles. The van der Waals surface area contributed by atoms with Gasteiger partial charge >= 0.3 is 0 Å². The lowest BCUT2D eigenvalue weighted by molar-refractivity contribution is 0.582. The number of anilines is 1. The standard InChI is InChI=1S/C16H12ClN5O2S3/c1-25-16-19-13(11-3-2-8-26-11)12-14(18)21-22(15(12)20-16)27(23,24)10-6-4-9(17)5-7-10/h2-8H,1H3,(H2,18,21). The first-order chi connectivity index (χ1) is 12.9. The van der Waals surface area contributed by atoms with Crippen molar-refractivity contribution in [3.63, 3.8) is 0 Å². The molecule has 0 spiro atoms. The van der Waals surface area contributed by atoms with Crippen LogP contribution in [0, 0.1) is 0 Å². The summed E-state index contributed by atoms with van der Waals surface area (Å²) in [4.78, 5) is 9.78. The zero-order chi connectivity index (χ0) is 19.2. The molecule has 27 heavy (non-hydrogen) atoms. The Morgan fingerprint density at radius 2 is 1.93 bits per heavy atom. The minimum Gasteiger partial charge on any atom is -0.382 e. The third-order valence-corrected chi connectivity index (χ3v) is 7.04. The summed E-state index contributed by atoms with van der Waals surface area (Å²) in [7, 11) is -4.00. The summed E-state index contributed by atoms with van der Waals surface area (Å²) in [5, 5.41) is 7.26. The summed E-state index contributed by atoms with van der Waals surface area (Å²) in [6.07, 6.45) is 1.82. The van der Waals surface area contributed by atoms with E-state index in [-0.39, 0.29) is 16.4 Å². The Labute approximate surface area is 168 Å². The van der Waals surface area contributed by atoms with Crippen LogP contribution in [0.25, 0.3) is 21.6 Å². The van der Waals surface area contributed by atoms with Gasteiger partial charge in [0.1, 0.15) is 0 Å². The molecule has 0 radical (unpaired) electrons. The van der Waals surface area contributed by atoms with Crippen LogP contribution in [-0.2, 0) is 10.0 Å². The summed E-state index contributed by atoms with van der Waals surface area (Å²) >= 11 is 8.65. The van der Waals surface area contributed by atoms with Crippen molar-refractivity contribution >= 4 is 61.6 Å². The van der Waals surface area contributed by atoms with Crippen LogP contribution in [0.15, 0.2) is 51.8 Å². The lowest BCUT2D eigenvalue weighted by atomic mass is 10.2. The fraction of sp³-hybridized carbons (Fsp3) is 0.0625. The average molecular weight is 438 g/mol. The van der Waals surface area contributed by atoms with Gasteiger partial charge < -0.3 is 5.73 Å². The van der Waals surface area contributed by atoms with E-state index in [1.165, 1.54) is 47.4 Å². The maximum atomic E-state index is 13.1. The first-order valence-electron chi connectivity index (χ1n) is 7.57. The quantitative estimate of drug-likeness (QED) is 0.383. The number of nitrogens with zero attached hydrogens (tertiary/aromatic N) is 4. The third-order valence-electron chi connectivity index (χ3n) is 3.78. The Balaban J connectivity index is 2.03. The van der Waals surface area contributed by atoms with Gasteiger partial charge in [0.15, 0.2) is 16.6 Å². The van der Waals surface area contributed by atoms with E-state index >= 15 is 0 Å². The molecule has 138 valence electrons. The van der Waals surface area contributed by atoms with E-state index in [0.717, 1.165) is 8.96 Å². The third kappa shape index (κ3) is 3.08. The molecule has 4 aromatic rings. The van der Waals surface area contributed by atoms with Crippen molar-refractivity contribution in [3.8, 4) is 10.6 Å². The molecular weight excluding hydrogens is 426 g/mol. The molecule has 0 aliphatic rings. The normalized spacial score (nSPS) is 11.9. The number of nitrogens with two attached hydrogens (primary N) is 1. The highest BCUT2D eigenvalue weighted by molar-refractivity contribution is 7.98. The van der Waals surface area contributed by atoms with Gasteiger partial charge in [0.2, 0.25) is 0 Å². The van der Waals surface area contributed by atoms with E-state index in [2.05, 4.69) is 15.1 Å². The maximum Gasteiger partial charge on any atom is 0.285 e. The number of fused-ring (bicyclic) bond motifs is 1. The fourth-order valence-electron chi connectivity index (χ4n) is 2.56. The summed E-state index contributed by atoms with van der Waals surface area (Å²) in [5.41, 5.74) is 6.78. The minimum absolute atomic E-state index is 0.0401. The topological polar surface area (TPSA) is 104 Å². The summed E-state index contributed by atoms with van der Waals surface area (Å²) in [5.74, 6) is 0.0543. The van der Waals surface area contributed by atoms with Crippen LogP contribution < -0.4 is 5.73 Å². The number of benzene rings is 1. The number of nitrogen functional groups attached to an aromatic ring is 1. The van der Waals surface area contributed by atoms with Crippen LogP contribution in [0.4, 0.5) is 5.82 Å². The second-order valence-electron chi connectivity index (χ2n) is 5.42. The van der Waals surface area contributed by atoms with Gasteiger partial charge in [-0.25, -0.2) is 9.97 Å². The number of thioether (sulfide) groups is 1. The molecule has 4 rings (SSSR count). The predicted molar refractivity (Wildman–Crippen MR) is 109 cm³/mol. The molecule has 3 aromatic heterocycles. The highest BCUT2D eigenvalue weighted by atomic mass is 35.5. The lowest BCUT2D eigenvalue weighted by Gasteiger charge is -2.07. The molecule has 2 N–H and O–H groups in total. The number of thiophene rings is 1. The van der Waals surface area contributed by atoms with Gasteiger partial charge in [0.25, 0.3) is 10.0 Å². The van der Waals surface area contributed by atoms with Crippen LogP contribution in [-0.4, -0.2) is 33.8 Å². The molecule has 0 fully saturated rings. The van der Waals surface area contributed by atoms with E-state index in [1.54, 1.807) is 0 Å². The molecule has 0 aliphatic heterocycles. The van der Waals surface area contributed by atoms with E-state index < -0.39 is 10.0 Å². The number of aromatic nitrogens is 4. The summed E-state index contributed by atoms with van der Waals surface area (Å²) in [6.45, 7) is 0. The second kappa shape index (κ2) is 6.79. The average Bonchev–Trinajstić information content (AvgIpc) is 3.30. The van der Waals surface area contributed by atoms with Gasteiger partial charge in [-0.2, -0.15) is 8.42 Å². The summed E-state index contributed by atoms with van der Waals surface area (Å²) < 4.78 is 27.1. The van der Waals surface area contributed by atoms with E-state index in [4.69, 9.17) is 17.3 Å².